The van der Waals surface area contributed by atoms with Crippen LogP contribution in [0.3, 0.4) is 0 Å². The number of hydrogen-bond acceptors (Lipinski definition) is 8. The molecule has 0 amide bonds. The van der Waals surface area contributed by atoms with Crippen molar-refractivity contribution in [1.29, 1.82) is 0 Å². The molecule has 3 N–H and O–H groups in total. The molecule has 2 unspecified atom stereocenters. The summed E-state index contributed by atoms with van der Waals surface area (Å²) in [6, 6.07) is 0. The summed E-state index contributed by atoms with van der Waals surface area (Å²) in [6.07, 6.45) is 0.996. The number of hydrogen-bond donors (Lipinski definition) is 3. The summed E-state index contributed by atoms with van der Waals surface area (Å²) in [5.74, 6) is -1.37. The largest absolute Gasteiger partial charge is 0.450 e. The van der Waals surface area contributed by atoms with E-state index < -0.39 is 47.1 Å². The van der Waals surface area contributed by atoms with E-state index in [9.17, 15) is 24.9 Å². The fourth-order valence-corrected chi connectivity index (χ4v) is 6.54. The van der Waals surface area contributed by atoms with Crippen LogP contribution in [0.2, 0.25) is 0 Å². The van der Waals surface area contributed by atoms with Crippen molar-refractivity contribution in [3.05, 3.63) is 40.6 Å². The van der Waals surface area contributed by atoms with Gasteiger partial charge in [0, 0.05) is 12.8 Å². The molecule has 1 aromatic heterocycles. The average Bonchev–Trinajstić information content (AvgIpc) is 3.18. The molecule has 1 saturated carbocycles. The fraction of sp³-hybridized carbons (Fsp3) is 0.654. The van der Waals surface area contributed by atoms with Crippen molar-refractivity contribution in [3.63, 3.8) is 0 Å². The first-order chi connectivity index (χ1) is 15.7. The second-order valence-electron chi connectivity index (χ2n) is 11.0. The summed E-state index contributed by atoms with van der Waals surface area (Å²) in [4.78, 5) is 31.5. The Bertz CT molecular complexity index is 1100. The molecule has 1 fully saturated rings. The van der Waals surface area contributed by atoms with Crippen molar-refractivity contribution >= 4 is 11.8 Å². The number of aryl methyl sites for hydroxylation is 2. The molecule has 1 aromatic rings. The van der Waals surface area contributed by atoms with E-state index in [0.717, 1.165) is 0 Å². The zero-order chi connectivity index (χ0) is 25.4. The number of aliphatic hydroxyl groups excluding tert-OH is 2. The predicted molar refractivity (Wildman–Crippen MR) is 123 cm³/mol. The Morgan fingerprint density at radius 3 is 2.44 bits per heavy atom. The van der Waals surface area contributed by atoms with Gasteiger partial charge in [-0.2, -0.15) is 0 Å². The average molecular weight is 474 g/mol. The van der Waals surface area contributed by atoms with Crippen LogP contribution in [0, 0.1) is 42.4 Å². The number of esters is 1. The van der Waals surface area contributed by atoms with Gasteiger partial charge < -0.3 is 24.5 Å². The quantitative estimate of drug-likeness (QED) is 0.451. The fourth-order valence-electron chi connectivity index (χ4n) is 6.54. The molecule has 34 heavy (non-hydrogen) atoms. The normalized spacial score (nSPS) is 39.0. The molecule has 7 atom stereocenters. The zero-order valence-corrected chi connectivity index (χ0v) is 20.9. The summed E-state index contributed by atoms with van der Waals surface area (Å²) in [5.41, 5.74) is -3.58. The molecule has 3 aliphatic rings. The Morgan fingerprint density at radius 2 is 1.88 bits per heavy atom. The molecule has 8 nitrogen and oxygen atoms in total. The number of allylic oxidation sites excluding steroid dienone is 1. The first-order valence-electron chi connectivity index (χ1n) is 11.8. The minimum atomic E-state index is -2.20. The van der Waals surface area contributed by atoms with E-state index in [1.54, 1.807) is 32.9 Å². The Balaban J connectivity index is 1.91. The van der Waals surface area contributed by atoms with Gasteiger partial charge in [-0.3, -0.25) is 4.79 Å². The highest BCUT2D eigenvalue weighted by molar-refractivity contribution is 5.95. The van der Waals surface area contributed by atoms with E-state index in [4.69, 9.17) is 9.15 Å². The highest BCUT2D eigenvalue weighted by Crippen LogP contribution is 2.62. The number of rotatable bonds is 3. The van der Waals surface area contributed by atoms with E-state index >= 15 is 0 Å². The lowest BCUT2D eigenvalue weighted by Crippen LogP contribution is -2.65. The lowest BCUT2D eigenvalue weighted by molar-refractivity contribution is -0.190. The molecular weight excluding hydrogens is 438 g/mol. The van der Waals surface area contributed by atoms with Gasteiger partial charge in [-0.25, -0.2) is 9.78 Å². The van der Waals surface area contributed by atoms with Gasteiger partial charge >= 0.3 is 5.97 Å². The highest BCUT2D eigenvalue weighted by Gasteiger charge is 2.73. The summed E-state index contributed by atoms with van der Waals surface area (Å²) in [7, 11) is 0. The standard InChI is InChI=1S/C26H35NO7/c1-12-10-25-14(3)8-13(2)24(6,7)18(21(25)30)9-17(11-28)20(29)26(25,32)22(12)34-23(31)19-15(4)33-16(5)27-19/h9-10,13-14,18,20,22,28-29,32H,8,11H2,1-7H3/t13-,14?,18+,20+,22-,25?,26-/m0/s1. The molecule has 1 spiro atoms. The van der Waals surface area contributed by atoms with Gasteiger partial charge in [0.15, 0.2) is 29.1 Å². The smallest absolute Gasteiger partial charge is 0.361 e. The van der Waals surface area contributed by atoms with Crippen molar-refractivity contribution in [2.24, 2.45) is 28.6 Å². The van der Waals surface area contributed by atoms with E-state index in [1.165, 1.54) is 0 Å². The van der Waals surface area contributed by atoms with Crippen LogP contribution in [-0.2, 0) is 9.53 Å². The van der Waals surface area contributed by atoms with E-state index in [-0.39, 0.29) is 34.6 Å². The minimum Gasteiger partial charge on any atom is -0.450 e. The topological polar surface area (TPSA) is 130 Å². The second kappa shape index (κ2) is 7.86. The molecule has 8 heteroatoms. The predicted octanol–water partition coefficient (Wildman–Crippen LogP) is 2.67. The van der Waals surface area contributed by atoms with Crippen LogP contribution < -0.4 is 0 Å². The van der Waals surface area contributed by atoms with Crippen LogP contribution in [0.1, 0.15) is 63.2 Å². The number of aromatic nitrogens is 1. The van der Waals surface area contributed by atoms with Crippen molar-refractivity contribution < 1.29 is 34.1 Å². The maximum Gasteiger partial charge on any atom is 0.361 e. The molecule has 1 heterocycles. The number of ketones is 1. The van der Waals surface area contributed by atoms with Gasteiger partial charge in [-0.15, -0.1) is 0 Å². The van der Waals surface area contributed by atoms with Crippen LogP contribution in [0.15, 0.2) is 27.7 Å². The van der Waals surface area contributed by atoms with Crippen LogP contribution in [0.5, 0.6) is 0 Å². The van der Waals surface area contributed by atoms with E-state index in [2.05, 4.69) is 11.9 Å². The van der Waals surface area contributed by atoms with Crippen molar-refractivity contribution in [1.82, 2.24) is 4.98 Å². The maximum absolute atomic E-state index is 14.3. The molecule has 0 aliphatic heterocycles. The SMILES string of the molecule is CC1=CC23C(=O)[C@@H](C=C(CO)[C@@H](O)[C@]2(O)[C@H]1OC(=O)c1nc(C)oc1C)C(C)(C)[C@@H](C)CC3C. The summed E-state index contributed by atoms with van der Waals surface area (Å²) < 4.78 is 11.1. The van der Waals surface area contributed by atoms with E-state index in [1.807, 2.05) is 20.8 Å². The number of nitrogens with zero attached hydrogens (tertiary/aromatic N) is 1. The van der Waals surface area contributed by atoms with Gasteiger partial charge in [0.05, 0.1) is 12.0 Å². The first kappa shape index (κ1) is 24.8. The van der Waals surface area contributed by atoms with Crippen molar-refractivity contribution in [2.45, 2.75) is 72.7 Å². The number of fused-ring (bicyclic) bond motifs is 1. The third-order valence-corrected chi connectivity index (χ3v) is 8.83. The number of carbonyl (C=O) groups excluding carboxylic acids is 2. The Hall–Kier alpha value is -2.29. The van der Waals surface area contributed by atoms with Crippen molar-refractivity contribution in [2.75, 3.05) is 6.61 Å². The van der Waals surface area contributed by atoms with E-state index in [0.29, 0.717) is 17.9 Å². The third-order valence-electron chi connectivity index (χ3n) is 8.83. The van der Waals surface area contributed by atoms with Crippen molar-refractivity contribution in [3.8, 4) is 0 Å². The van der Waals surface area contributed by atoms with Gasteiger partial charge in [0.1, 0.15) is 11.9 Å². The Morgan fingerprint density at radius 1 is 1.24 bits per heavy atom. The second-order valence-corrected chi connectivity index (χ2v) is 11.0. The summed E-state index contributed by atoms with van der Waals surface area (Å²) >= 11 is 0. The lowest BCUT2D eigenvalue weighted by Gasteiger charge is -2.48. The van der Waals surface area contributed by atoms with Gasteiger partial charge in [-0.05, 0) is 48.7 Å². The molecule has 2 bridgehead atoms. The number of oxazole rings is 1. The third kappa shape index (κ3) is 3.04. The molecule has 186 valence electrons. The van der Waals surface area contributed by atoms with Crippen LogP contribution in [0.4, 0.5) is 0 Å². The molecule has 0 radical (unpaired) electrons. The van der Waals surface area contributed by atoms with Crippen LogP contribution in [-0.4, -0.2) is 56.5 Å². The van der Waals surface area contributed by atoms with Crippen LogP contribution >= 0.6 is 0 Å². The number of Topliss-reactive ketones (excluding diaryl/α,β-unsaturated/α-hetero) is 1. The lowest BCUT2D eigenvalue weighted by atomic mass is 9.59. The minimum absolute atomic E-state index is 0.0243. The number of ether oxygens (including phenoxy) is 1. The Labute approximate surface area is 199 Å². The molecular formula is C26H35NO7. The molecule has 0 saturated heterocycles. The van der Waals surface area contributed by atoms with Gasteiger partial charge in [-0.1, -0.05) is 39.8 Å². The zero-order valence-electron chi connectivity index (χ0n) is 20.9. The number of carbonyl (C=O) groups is 2. The maximum atomic E-state index is 14.3. The van der Waals surface area contributed by atoms with Crippen LogP contribution in [0.25, 0.3) is 0 Å². The monoisotopic (exact) mass is 473 g/mol. The van der Waals surface area contributed by atoms with Gasteiger partial charge in [0.2, 0.25) is 0 Å². The Kier molecular flexibility index (Phi) is 5.74. The summed E-state index contributed by atoms with van der Waals surface area (Å²) in [6.45, 7) is 12.3. The summed E-state index contributed by atoms with van der Waals surface area (Å²) in [5, 5.41) is 34.1. The number of aliphatic hydroxyl groups is 3. The first-order valence-corrected chi connectivity index (χ1v) is 11.8. The molecule has 4 rings (SSSR count). The highest BCUT2D eigenvalue weighted by atomic mass is 16.6. The van der Waals surface area contributed by atoms with Gasteiger partial charge in [0.25, 0.3) is 0 Å². The molecule has 0 aromatic carbocycles. The molecule has 3 aliphatic carbocycles.